The van der Waals surface area contributed by atoms with Crippen molar-refractivity contribution in [2.45, 2.75) is 58.5 Å². The van der Waals surface area contributed by atoms with E-state index in [1.165, 1.54) is 0 Å². The summed E-state index contributed by atoms with van der Waals surface area (Å²) in [6.45, 7) is 11.5. The number of carboxylic acid groups (broad SMARTS) is 1. The summed E-state index contributed by atoms with van der Waals surface area (Å²) in [5, 5.41) is 9.46. The van der Waals surface area contributed by atoms with Gasteiger partial charge < -0.3 is 25.3 Å². The molecule has 2 aromatic heterocycles. The fourth-order valence-corrected chi connectivity index (χ4v) is 5.04. The van der Waals surface area contributed by atoms with Gasteiger partial charge in [-0.1, -0.05) is 37.6 Å². The number of H-pyrrole nitrogens is 1. The van der Waals surface area contributed by atoms with E-state index >= 15 is 0 Å². The zero-order chi connectivity index (χ0) is 29.2. The van der Waals surface area contributed by atoms with Crippen molar-refractivity contribution in [2.24, 2.45) is 0 Å². The molecule has 4 N–H and O–H groups in total. The number of nitrogen functional groups attached to an aromatic ring is 1. The summed E-state index contributed by atoms with van der Waals surface area (Å²) < 4.78 is 12.7. The topological polar surface area (TPSA) is 152 Å². The minimum atomic E-state index is -0.836. The maximum atomic E-state index is 12.8. The standard InChI is InChI=1S/C29H43N7O5/c1-3-4-16-41-28-32-25(30)24-26(33-28)36(29(39)31-24)13-7-12-35(11-6-10-34-14-17-40-18-15-34)20-22-8-5-9-23(19-22)21(2)27(37)38/h5,8-9,19,21H,3-4,6-7,10-18,20H2,1-2H3,(H,31,39)(H,37,38)(H2,30,32,33). The van der Waals surface area contributed by atoms with Gasteiger partial charge in [0.05, 0.1) is 25.7 Å². The Morgan fingerprint density at radius 3 is 2.68 bits per heavy atom. The number of hydrogen-bond donors (Lipinski definition) is 3. The van der Waals surface area contributed by atoms with E-state index in [9.17, 15) is 14.7 Å². The van der Waals surface area contributed by atoms with Crippen LogP contribution in [0.5, 0.6) is 6.01 Å². The van der Waals surface area contributed by atoms with E-state index in [-0.39, 0.29) is 17.5 Å². The summed E-state index contributed by atoms with van der Waals surface area (Å²) in [4.78, 5) is 40.6. The Kier molecular flexibility index (Phi) is 11.1. The van der Waals surface area contributed by atoms with Crippen LogP contribution in [-0.4, -0.2) is 92.9 Å². The number of hydrogen-bond acceptors (Lipinski definition) is 9. The first-order chi connectivity index (χ1) is 19.9. The number of fused-ring (bicyclic) bond motifs is 1. The number of imidazole rings is 1. The SMILES string of the molecule is CCCCOc1nc(N)c2[nH]c(=O)n(CCCN(CCCN3CCOCC3)Cc3cccc(C(C)C(=O)O)c3)c2n1. The fraction of sp³-hybridized carbons (Fsp3) is 0.586. The second kappa shape index (κ2) is 14.9. The predicted molar refractivity (Wildman–Crippen MR) is 157 cm³/mol. The maximum Gasteiger partial charge on any atom is 0.327 e. The van der Waals surface area contributed by atoms with Crippen molar-refractivity contribution in [3.05, 3.63) is 45.9 Å². The van der Waals surface area contributed by atoms with Crippen LogP contribution < -0.4 is 16.2 Å². The molecule has 0 bridgehead atoms. The predicted octanol–water partition coefficient (Wildman–Crippen LogP) is 2.68. The van der Waals surface area contributed by atoms with E-state index < -0.39 is 11.9 Å². The number of carbonyl (C=O) groups is 1. The molecule has 3 aromatic rings. The highest BCUT2D eigenvalue weighted by atomic mass is 16.5. The second-order valence-electron chi connectivity index (χ2n) is 10.6. The first kappa shape index (κ1) is 30.5. The average Bonchev–Trinajstić information content (AvgIpc) is 3.28. The third kappa shape index (κ3) is 8.51. The smallest absolute Gasteiger partial charge is 0.327 e. The van der Waals surface area contributed by atoms with Crippen molar-refractivity contribution in [3.8, 4) is 6.01 Å². The monoisotopic (exact) mass is 569 g/mol. The number of ether oxygens (including phenoxy) is 2. The van der Waals surface area contributed by atoms with Gasteiger partial charge in [-0.25, -0.2) is 4.79 Å². The highest BCUT2D eigenvalue weighted by Gasteiger charge is 2.17. The lowest BCUT2D eigenvalue weighted by atomic mass is 9.99. The third-order valence-electron chi connectivity index (χ3n) is 7.50. The number of nitrogens with zero attached hydrogens (tertiary/aromatic N) is 5. The summed E-state index contributed by atoms with van der Waals surface area (Å²) in [5.74, 6) is -1.21. The number of nitrogens with one attached hydrogen (secondary N) is 1. The van der Waals surface area contributed by atoms with Gasteiger partial charge in [0.25, 0.3) is 0 Å². The molecule has 1 fully saturated rings. The molecule has 12 nitrogen and oxygen atoms in total. The van der Waals surface area contributed by atoms with Crippen LogP contribution in [0, 0.1) is 0 Å². The zero-order valence-corrected chi connectivity index (χ0v) is 24.2. The molecule has 224 valence electrons. The molecule has 1 aliphatic heterocycles. The lowest BCUT2D eigenvalue weighted by Gasteiger charge is -2.28. The van der Waals surface area contributed by atoms with E-state index in [0.29, 0.717) is 37.3 Å². The number of morpholine rings is 1. The van der Waals surface area contributed by atoms with Crippen LogP contribution in [0.3, 0.4) is 0 Å². The van der Waals surface area contributed by atoms with E-state index in [2.05, 4.69) is 31.7 Å². The lowest BCUT2D eigenvalue weighted by molar-refractivity contribution is -0.138. The largest absolute Gasteiger partial charge is 0.481 e. The van der Waals surface area contributed by atoms with Gasteiger partial charge in [-0.2, -0.15) is 9.97 Å². The Labute approximate surface area is 240 Å². The molecule has 1 aromatic carbocycles. The van der Waals surface area contributed by atoms with Gasteiger partial charge in [-0.3, -0.25) is 19.2 Å². The van der Waals surface area contributed by atoms with Gasteiger partial charge >= 0.3 is 17.7 Å². The Balaban J connectivity index is 1.44. The van der Waals surface area contributed by atoms with E-state index in [1.54, 1.807) is 11.5 Å². The molecule has 1 aliphatic rings. The second-order valence-corrected chi connectivity index (χ2v) is 10.6. The summed E-state index contributed by atoms with van der Waals surface area (Å²) in [5.41, 5.74) is 8.56. The molecule has 1 unspecified atom stereocenters. The number of rotatable bonds is 16. The Bertz CT molecular complexity index is 1330. The van der Waals surface area contributed by atoms with Crippen molar-refractivity contribution >= 4 is 23.0 Å². The Morgan fingerprint density at radius 2 is 1.95 bits per heavy atom. The highest BCUT2D eigenvalue weighted by molar-refractivity contribution is 5.81. The Hall–Kier alpha value is -3.48. The summed E-state index contributed by atoms with van der Waals surface area (Å²) >= 11 is 0. The molecule has 0 radical (unpaired) electrons. The number of nitrogens with two attached hydrogens (primary N) is 1. The number of aromatic amines is 1. The molecule has 0 aliphatic carbocycles. The molecule has 1 atom stereocenters. The molecule has 41 heavy (non-hydrogen) atoms. The molecule has 0 amide bonds. The average molecular weight is 570 g/mol. The quantitative estimate of drug-likeness (QED) is 0.220. The van der Waals surface area contributed by atoms with E-state index in [1.807, 2.05) is 24.3 Å². The lowest BCUT2D eigenvalue weighted by Crippen LogP contribution is -2.38. The van der Waals surface area contributed by atoms with Crippen molar-refractivity contribution in [1.82, 2.24) is 29.3 Å². The molecule has 4 rings (SSSR count). The third-order valence-corrected chi connectivity index (χ3v) is 7.50. The molecule has 0 spiro atoms. The molecule has 3 heterocycles. The fourth-order valence-electron chi connectivity index (χ4n) is 5.04. The normalized spacial score (nSPS) is 15.0. The van der Waals surface area contributed by atoms with Crippen LogP contribution in [0.2, 0.25) is 0 Å². The number of aryl methyl sites for hydroxylation is 1. The Morgan fingerprint density at radius 1 is 1.20 bits per heavy atom. The summed E-state index contributed by atoms with van der Waals surface area (Å²) in [6.07, 6.45) is 3.57. The molecule has 12 heteroatoms. The van der Waals surface area contributed by atoms with Crippen LogP contribution in [0.25, 0.3) is 11.2 Å². The van der Waals surface area contributed by atoms with Gasteiger partial charge in [0.1, 0.15) is 5.52 Å². The van der Waals surface area contributed by atoms with E-state index in [0.717, 1.165) is 76.3 Å². The number of aliphatic carboxylic acids is 1. The van der Waals surface area contributed by atoms with Crippen molar-refractivity contribution in [1.29, 1.82) is 0 Å². The van der Waals surface area contributed by atoms with Crippen LogP contribution in [0.4, 0.5) is 5.82 Å². The minimum absolute atomic E-state index is 0.177. The van der Waals surface area contributed by atoms with Gasteiger partial charge in [-0.05, 0) is 50.4 Å². The molecular formula is C29H43N7O5. The highest BCUT2D eigenvalue weighted by Crippen LogP contribution is 2.20. The number of aromatic nitrogens is 4. The number of unbranched alkanes of at least 4 members (excludes halogenated alkanes) is 1. The first-order valence-corrected chi connectivity index (χ1v) is 14.6. The van der Waals surface area contributed by atoms with Crippen LogP contribution in [0.15, 0.2) is 29.1 Å². The summed E-state index contributed by atoms with van der Waals surface area (Å²) in [7, 11) is 0. The van der Waals surface area contributed by atoms with Gasteiger partial charge in [0, 0.05) is 32.7 Å². The van der Waals surface area contributed by atoms with Gasteiger partial charge in [0.2, 0.25) is 0 Å². The molecule has 1 saturated heterocycles. The first-order valence-electron chi connectivity index (χ1n) is 14.6. The van der Waals surface area contributed by atoms with E-state index in [4.69, 9.17) is 15.2 Å². The molecular weight excluding hydrogens is 526 g/mol. The number of anilines is 1. The zero-order valence-electron chi connectivity index (χ0n) is 24.2. The van der Waals surface area contributed by atoms with Gasteiger partial charge in [0.15, 0.2) is 11.5 Å². The number of carboxylic acids is 1. The number of benzene rings is 1. The van der Waals surface area contributed by atoms with Crippen molar-refractivity contribution in [3.63, 3.8) is 0 Å². The van der Waals surface area contributed by atoms with Crippen LogP contribution >= 0.6 is 0 Å². The molecule has 0 saturated carbocycles. The van der Waals surface area contributed by atoms with Crippen molar-refractivity contribution in [2.75, 3.05) is 58.3 Å². The van der Waals surface area contributed by atoms with Crippen LogP contribution in [0.1, 0.15) is 56.6 Å². The maximum absolute atomic E-state index is 12.8. The van der Waals surface area contributed by atoms with Crippen LogP contribution in [-0.2, 0) is 22.6 Å². The summed E-state index contributed by atoms with van der Waals surface area (Å²) in [6, 6.07) is 7.99. The van der Waals surface area contributed by atoms with Crippen molar-refractivity contribution < 1.29 is 19.4 Å². The minimum Gasteiger partial charge on any atom is -0.481 e. The van der Waals surface area contributed by atoms with Gasteiger partial charge in [-0.15, -0.1) is 0 Å².